The van der Waals surface area contributed by atoms with Gasteiger partial charge in [-0.3, -0.25) is 0 Å². The molecule has 0 aliphatic carbocycles. The first-order valence-corrected chi connectivity index (χ1v) is 8.31. The highest BCUT2D eigenvalue weighted by Crippen LogP contribution is 2.26. The van der Waals surface area contributed by atoms with E-state index in [1.807, 2.05) is 6.92 Å². The molecule has 0 saturated heterocycles. The molecule has 1 aromatic rings. The van der Waals surface area contributed by atoms with Crippen LogP contribution in [-0.2, 0) is 16.6 Å². The van der Waals surface area contributed by atoms with Gasteiger partial charge in [-0.15, -0.1) is 11.3 Å². The van der Waals surface area contributed by atoms with Crippen molar-refractivity contribution in [3.63, 3.8) is 0 Å². The van der Waals surface area contributed by atoms with Crippen LogP contribution >= 0.6 is 11.3 Å². The monoisotopic (exact) mass is 290 g/mol. The number of nitrogens with zero attached hydrogens (tertiary/aromatic N) is 1. The lowest BCUT2D eigenvalue weighted by atomic mass is 10.1. The van der Waals surface area contributed by atoms with Crippen LogP contribution in [0.2, 0.25) is 0 Å². The maximum absolute atomic E-state index is 12.4. The zero-order valence-electron chi connectivity index (χ0n) is 11.4. The summed E-state index contributed by atoms with van der Waals surface area (Å²) in [6.45, 7) is 6.50. The molecule has 1 aromatic heterocycles. The van der Waals surface area contributed by atoms with Crippen molar-refractivity contribution < 1.29 is 8.42 Å². The molecule has 0 spiro atoms. The predicted octanol–water partition coefficient (Wildman–Crippen LogP) is 2.26. The Morgan fingerprint density at radius 3 is 2.39 bits per heavy atom. The van der Waals surface area contributed by atoms with Gasteiger partial charge in [0.2, 0.25) is 0 Å². The topological polar surface area (TPSA) is 63.4 Å². The molecule has 2 N–H and O–H groups in total. The number of rotatable bonds is 6. The Hall–Kier alpha value is -0.430. The number of hydrogen-bond donors (Lipinski definition) is 1. The third kappa shape index (κ3) is 3.54. The molecule has 104 valence electrons. The molecule has 1 rings (SSSR count). The van der Waals surface area contributed by atoms with Crippen LogP contribution in [0.15, 0.2) is 16.3 Å². The molecule has 1 heterocycles. The van der Waals surface area contributed by atoms with Crippen LogP contribution in [0.3, 0.4) is 0 Å². The Morgan fingerprint density at radius 2 is 1.94 bits per heavy atom. The van der Waals surface area contributed by atoms with E-state index in [0.717, 1.165) is 11.3 Å². The fourth-order valence-corrected chi connectivity index (χ4v) is 4.61. The molecule has 0 radical (unpaired) electrons. The zero-order valence-corrected chi connectivity index (χ0v) is 13.0. The first-order chi connectivity index (χ1) is 8.28. The van der Waals surface area contributed by atoms with Crippen LogP contribution in [-0.4, -0.2) is 25.8 Å². The van der Waals surface area contributed by atoms with Crippen molar-refractivity contribution in [3.05, 3.63) is 17.0 Å². The van der Waals surface area contributed by atoms with Crippen molar-refractivity contribution in [1.82, 2.24) is 4.31 Å². The van der Waals surface area contributed by atoms with Gasteiger partial charge in [0, 0.05) is 24.5 Å². The van der Waals surface area contributed by atoms with Gasteiger partial charge in [0.1, 0.15) is 4.21 Å². The summed E-state index contributed by atoms with van der Waals surface area (Å²) in [5.74, 6) is 0.473. The largest absolute Gasteiger partial charge is 0.326 e. The summed E-state index contributed by atoms with van der Waals surface area (Å²) in [5, 5.41) is 0. The summed E-state index contributed by atoms with van der Waals surface area (Å²) < 4.78 is 26.6. The molecule has 18 heavy (non-hydrogen) atoms. The van der Waals surface area contributed by atoms with Crippen molar-refractivity contribution in [2.24, 2.45) is 11.7 Å². The second-order valence-electron chi connectivity index (χ2n) is 4.92. The molecule has 0 aromatic carbocycles. The van der Waals surface area contributed by atoms with Crippen LogP contribution in [0.4, 0.5) is 0 Å². The van der Waals surface area contributed by atoms with Crippen LogP contribution < -0.4 is 5.73 Å². The van der Waals surface area contributed by atoms with Crippen LogP contribution in [0.1, 0.15) is 32.1 Å². The van der Waals surface area contributed by atoms with Gasteiger partial charge >= 0.3 is 0 Å². The number of sulfonamides is 1. The lowest BCUT2D eigenvalue weighted by molar-refractivity contribution is 0.338. The molecule has 0 aliphatic heterocycles. The van der Waals surface area contributed by atoms with Crippen molar-refractivity contribution in [2.45, 2.75) is 44.0 Å². The van der Waals surface area contributed by atoms with Gasteiger partial charge in [0.05, 0.1) is 0 Å². The molecule has 0 bridgehead atoms. The van der Waals surface area contributed by atoms with Gasteiger partial charge in [-0.1, -0.05) is 13.8 Å². The smallest absolute Gasteiger partial charge is 0.252 e. The van der Waals surface area contributed by atoms with Crippen LogP contribution in [0.5, 0.6) is 0 Å². The van der Waals surface area contributed by atoms with Gasteiger partial charge in [-0.05, 0) is 31.4 Å². The SMILES string of the molecule is CC(C)CC(C)N(C)S(=O)(=O)c1ccc(CN)s1. The second-order valence-corrected chi connectivity index (χ2v) is 8.32. The molecule has 0 amide bonds. The lowest BCUT2D eigenvalue weighted by Gasteiger charge is -2.24. The van der Waals surface area contributed by atoms with Gasteiger partial charge in [0.15, 0.2) is 0 Å². The third-order valence-electron chi connectivity index (χ3n) is 2.90. The van der Waals surface area contributed by atoms with Crippen molar-refractivity contribution in [3.8, 4) is 0 Å². The maximum Gasteiger partial charge on any atom is 0.252 e. The highest BCUT2D eigenvalue weighted by molar-refractivity contribution is 7.91. The highest BCUT2D eigenvalue weighted by atomic mass is 32.2. The van der Waals surface area contributed by atoms with Crippen LogP contribution in [0.25, 0.3) is 0 Å². The number of hydrogen-bond acceptors (Lipinski definition) is 4. The Bertz CT molecular complexity index is 480. The number of nitrogens with two attached hydrogens (primary N) is 1. The summed E-state index contributed by atoms with van der Waals surface area (Å²) in [6, 6.07) is 3.41. The van der Waals surface area contributed by atoms with E-state index in [0.29, 0.717) is 16.7 Å². The van der Waals surface area contributed by atoms with E-state index in [4.69, 9.17) is 5.73 Å². The standard InChI is InChI=1S/C12H22N2O2S2/c1-9(2)7-10(3)14(4)18(15,16)12-6-5-11(8-13)17-12/h5-6,9-10H,7-8,13H2,1-4H3. The molecule has 0 fully saturated rings. The maximum atomic E-state index is 12.4. The summed E-state index contributed by atoms with van der Waals surface area (Å²) in [4.78, 5) is 0.887. The first-order valence-electron chi connectivity index (χ1n) is 6.05. The van der Waals surface area contributed by atoms with Gasteiger partial charge in [0.25, 0.3) is 10.0 Å². The quantitative estimate of drug-likeness (QED) is 0.874. The minimum Gasteiger partial charge on any atom is -0.326 e. The molecule has 0 saturated carbocycles. The minimum absolute atomic E-state index is 0.00146. The third-order valence-corrected chi connectivity index (χ3v) is 6.45. The van der Waals surface area contributed by atoms with E-state index in [9.17, 15) is 8.42 Å². The second kappa shape index (κ2) is 6.14. The Labute approximate surface area is 114 Å². The first kappa shape index (κ1) is 15.6. The molecule has 0 aliphatic rings. The van der Waals surface area contributed by atoms with E-state index < -0.39 is 10.0 Å². The van der Waals surface area contributed by atoms with E-state index in [1.165, 1.54) is 15.6 Å². The predicted molar refractivity (Wildman–Crippen MR) is 76.1 cm³/mol. The molecular weight excluding hydrogens is 268 g/mol. The number of thiophene rings is 1. The van der Waals surface area contributed by atoms with E-state index in [1.54, 1.807) is 19.2 Å². The van der Waals surface area contributed by atoms with Gasteiger partial charge in [-0.2, -0.15) is 4.31 Å². The van der Waals surface area contributed by atoms with E-state index >= 15 is 0 Å². The Balaban J connectivity index is 2.92. The van der Waals surface area contributed by atoms with Crippen molar-refractivity contribution >= 4 is 21.4 Å². The average molecular weight is 290 g/mol. The zero-order chi connectivity index (χ0) is 13.9. The lowest BCUT2D eigenvalue weighted by Crippen LogP contribution is -2.35. The van der Waals surface area contributed by atoms with Crippen molar-refractivity contribution in [2.75, 3.05) is 7.05 Å². The van der Waals surface area contributed by atoms with Crippen molar-refractivity contribution in [1.29, 1.82) is 0 Å². The van der Waals surface area contributed by atoms with E-state index in [-0.39, 0.29) is 6.04 Å². The summed E-state index contributed by atoms with van der Waals surface area (Å²) >= 11 is 1.25. The Morgan fingerprint density at radius 1 is 1.33 bits per heavy atom. The van der Waals surface area contributed by atoms with Gasteiger partial charge < -0.3 is 5.73 Å². The fraction of sp³-hybridized carbons (Fsp3) is 0.667. The summed E-state index contributed by atoms with van der Waals surface area (Å²) in [5.41, 5.74) is 5.51. The molecule has 6 heteroatoms. The molecular formula is C12H22N2O2S2. The summed E-state index contributed by atoms with van der Waals surface area (Å²) in [6.07, 6.45) is 0.852. The molecule has 1 atom stereocenters. The summed E-state index contributed by atoms with van der Waals surface area (Å²) in [7, 11) is -1.73. The normalized spacial score (nSPS) is 14.4. The van der Waals surface area contributed by atoms with Crippen LogP contribution in [0, 0.1) is 5.92 Å². The van der Waals surface area contributed by atoms with Gasteiger partial charge in [-0.25, -0.2) is 8.42 Å². The molecule has 1 unspecified atom stereocenters. The minimum atomic E-state index is -3.38. The average Bonchev–Trinajstić information content (AvgIpc) is 2.76. The Kier molecular flexibility index (Phi) is 5.33. The van der Waals surface area contributed by atoms with E-state index in [2.05, 4.69) is 13.8 Å². The fourth-order valence-electron chi connectivity index (χ4n) is 1.82. The molecule has 4 nitrogen and oxygen atoms in total. The highest BCUT2D eigenvalue weighted by Gasteiger charge is 2.27.